The number of hydrogen-bond donors (Lipinski definition) is 0. The summed E-state index contributed by atoms with van der Waals surface area (Å²) >= 11 is 1.64. The van der Waals surface area contributed by atoms with Gasteiger partial charge in [0.15, 0.2) is 0 Å². The normalized spacial score (nSPS) is 15.7. The van der Waals surface area contributed by atoms with Gasteiger partial charge in [0.1, 0.15) is 11.1 Å². The molecule has 1 saturated heterocycles. The Morgan fingerprint density at radius 3 is 2.41 bits per heavy atom. The Morgan fingerprint density at radius 1 is 1.06 bits per heavy atom. The molecule has 0 bridgehead atoms. The van der Waals surface area contributed by atoms with E-state index in [0.29, 0.717) is 38.6 Å². The zero-order chi connectivity index (χ0) is 22.7. The first-order valence-electron chi connectivity index (χ1n) is 10.6. The molecular weight excluding hydrogens is 440 g/mol. The molecule has 1 aliphatic rings. The van der Waals surface area contributed by atoms with Gasteiger partial charge in [-0.15, -0.1) is 11.3 Å². The molecule has 1 fully saturated rings. The molecule has 6 nitrogen and oxygen atoms in total. The van der Waals surface area contributed by atoms with Gasteiger partial charge < -0.3 is 0 Å². The lowest BCUT2D eigenvalue weighted by Crippen LogP contribution is -2.48. The Kier molecular flexibility index (Phi) is 6.72. The van der Waals surface area contributed by atoms with Crippen molar-refractivity contribution in [2.45, 2.75) is 31.2 Å². The highest BCUT2D eigenvalue weighted by Crippen LogP contribution is 2.27. The van der Waals surface area contributed by atoms with Gasteiger partial charge in [-0.05, 0) is 23.6 Å². The van der Waals surface area contributed by atoms with Crippen molar-refractivity contribution >= 4 is 21.4 Å². The second-order valence-corrected chi connectivity index (χ2v) is 11.0. The first kappa shape index (κ1) is 22.6. The highest BCUT2D eigenvalue weighted by Gasteiger charge is 2.30. The van der Waals surface area contributed by atoms with Crippen LogP contribution in [0.4, 0.5) is 0 Å². The fraction of sp³-hybridized carbons (Fsp3) is 0.333. The first-order valence-corrected chi connectivity index (χ1v) is 13.0. The molecule has 0 amide bonds. The molecule has 0 aliphatic carbocycles. The van der Waals surface area contributed by atoms with Gasteiger partial charge in [-0.25, -0.2) is 13.4 Å². The van der Waals surface area contributed by atoms with Crippen molar-refractivity contribution in [3.05, 3.63) is 70.7 Å². The largest absolute Gasteiger partial charge is 0.295 e. The lowest BCUT2D eigenvalue weighted by molar-refractivity contribution is 0.180. The molecule has 3 aromatic rings. The van der Waals surface area contributed by atoms with Gasteiger partial charge in [0.25, 0.3) is 0 Å². The molecule has 0 N–H and O–H groups in total. The smallest absolute Gasteiger partial charge is 0.244 e. The van der Waals surface area contributed by atoms with Crippen LogP contribution in [0.25, 0.3) is 10.6 Å². The maximum Gasteiger partial charge on any atom is 0.244 e. The molecule has 0 spiro atoms. The van der Waals surface area contributed by atoms with E-state index in [1.54, 1.807) is 29.5 Å². The molecule has 166 valence electrons. The van der Waals surface area contributed by atoms with E-state index in [-0.39, 0.29) is 10.5 Å². The number of nitriles is 1. The number of rotatable bonds is 6. The van der Waals surface area contributed by atoms with Crippen LogP contribution in [0.5, 0.6) is 0 Å². The first-order chi connectivity index (χ1) is 15.4. The molecule has 1 aromatic heterocycles. The van der Waals surface area contributed by atoms with Crippen molar-refractivity contribution in [3.63, 3.8) is 0 Å². The molecule has 0 radical (unpaired) electrons. The highest BCUT2D eigenvalue weighted by molar-refractivity contribution is 7.89. The Balaban J connectivity index is 1.38. The van der Waals surface area contributed by atoms with Crippen LogP contribution in [0.1, 0.15) is 36.6 Å². The monoisotopic (exact) mass is 466 g/mol. The standard InChI is InChI=1S/C24H26N4O2S2/c1-18(2)19-7-9-20(10-8-19)24-26-22(17-31-24)16-27-11-13-28(14-12-27)32(29,30)23-6-4-3-5-21(23)15-25/h3-10,17-18H,11-14,16H2,1-2H3. The van der Waals surface area contributed by atoms with E-state index < -0.39 is 10.0 Å². The minimum Gasteiger partial charge on any atom is -0.295 e. The molecule has 4 rings (SSSR count). The summed E-state index contributed by atoms with van der Waals surface area (Å²) in [4.78, 5) is 7.11. The molecule has 32 heavy (non-hydrogen) atoms. The Morgan fingerprint density at radius 2 is 1.75 bits per heavy atom. The lowest BCUT2D eigenvalue weighted by Gasteiger charge is -2.33. The fourth-order valence-corrected chi connectivity index (χ4v) is 6.18. The summed E-state index contributed by atoms with van der Waals surface area (Å²) in [6, 6.07) is 16.9. The number of thiazole rings is 1. The van der Waals surface area contributed by atoms with Gasteiger partial charge in [0, 0.05) is 43.7 Å². The van der Waals surface area contributed by atoms with E-state index in [0.717, 1.165) is 16.3 Å². The molecule has 8 heteroatoms. The number of hydrogen-bond acceptors (Lipinski definition) is 6. The summed E-state index contributed by atoms with van der Waals surface area (Å²) in [6.07, 6.45) is 0. The summed E-state index contributed by atoms with van der Waals surface area (Å²) < 4.78 is 27.5. The Labute approximate surface area is 193 Å². The molecular formula is C24H26N4O2S2. The number of sulfonamides is 1. The van der Waals surface area contributed by atoms with Crippen molar-refractivity contribution in [2.75, 3.05) is 26.2 Å². The van der Waals surface area contributed by atoms with E-state index in [1.807, 2.05) is 6.07 Å². The summed E-state index contributed by atoms with van der Waals surface area (Å²) in [5, 5.41) is 12.3. The van der Waals surface area contributed by atoms with Gasteiger partial charge in [-0.1, -0.05) is 50.2 Å². The average molecular weight is 467 g/mol. The number of piperazine rings is 1. The van der Waals surface area contributed by atoms with Gasteiger partial charge in [0.2, 0.25) is 10.0 Å². The Bertz CT molecular complexity index is 1220. The van der Waals surface area contributed by atoms with Gasteiger partial charge >= 0.3 is 0 Å². The third-order valence-corrected chi connectivity index (χ3v) is 8.62. The third-order valence-electron chi connectivity index (χ3n) is 5.72. The molecule has 0 unspecified atom stereocenters. The van der Waals surface area contributed by atoms with Crippen molar-refractivity contribution < 1.29 is 8.42 Å². The number of nitrogens with zero attached hydrogens (tertiary/aromatic N) is 4. The molecule has 1 aliphatic heterocycles. The molecule has 2 aromatic carbocycles. The van der Waals surface area contributed by atoms with Crippen LogP contribution >= 0.6 is 11.3 Å². The molecule has 0 saturated carbocycles. The van der Waals surface area contributed by atoms with Crippen molar-refractivity contribution in [1.82, 2.24) is 14.2 Å². The number of benzene rings is 2. The molecule has 2 heterocycles. The predicted molar refractivity (Wildman–Crippen MR) is 127 cm³/mol. The predicted octanol–water partition coefficient (Wildman–Crippen LogP) is 4.31. The zero-order valence-corrected chi connectivity index (χ0v) is 19.9. The minimum atomic E-state index is -3.67. The average Bonchev–Trinajstić information content (AvgIpc) is 3.28. The second kappa shape index (κ2) is 9.51. The quantitative estimate of drug-likeness (QED) is 0.541. The fourth-order valence-electron chi connectivity index (χ4n) is 3.80. The van der Waals surface area contributed by atoms with Crippen LogP contribution in [0, 0.1) is 11.3 Å². The third kappa shape index (κ3) is 4.76. The maximum absolute atomic E-state index is 13.0. The van der Waals surface area contributed by atoms with Crippen molar-refractivity contribution in [3.8, 4) is 16.6 Å². The summed E-state index contributed by atoms with van der Waals surface area (Å²) in [6.45, 7) is 7.12. The Hall–Kier alpha value is -2.57. The van der Waals surface area contributed by atoms with Crippen molar-refractivity contribution in [1.29, 1.82) is 5.26 Å². The van der Waals surface area contributed by atoms with Crippen molar-refractivity contribution in [2.24, 2.45) is 0 Å². The topological polar surface area (TPSA) is 77.3 Å². The van der Waals surface area contributed by atoms with Crippen LogP contribution in [-0.4, -0.2) is 48.8 Å². The highest BCUT2D eigenvalue weighted by atomic mass is 32.2. The zero-order valence-electron chi connectivity index (χ0n) is 18.2. The van der Waals surface area contributed by atoms with E-state index in [2.05, 4.69) is 48.4 Å². The van der Waals surface area contributed by atoms with E-state index in [4.69, 9.17) is 4.98 Å². The van der Waals surface area contributed by atoms with E-state index in [9.17, 15) is 13.7 Å². The summed E-state index contributed by atoms with van der Waals surface area (Å²) in [5.41, 5.74) is 3.63. The van der Waals surface area contributed by atoms with Gasteiger partial charge in [0.05, 0.1) is 16.2 Å². The minimum absolute atomic E-state index is 0.0866. The summed E-state index contributed by atoms with van der Waals surface area (Å²) in [5.74, 6) is 0.506. The molecule has 0 atom stereocenters. The van der Waals surface area contributed by atoms with Crippen LogP contribution in [0.2, 0.25) is 0 Å². The number of aromatic nitrogens is 1. The van der Waals surface area contributed by atoms with E-state index in [1.165, 1.54) is 15.9 Å². The van der Waals surface area contributed by atoms with Gasteiger partial charge in [-0.3, -0.25) is 4.90 Å². The van der Waals surface area contributed by atoms with Crippen LogP contribution in [0.15, 0.2) is 58.8 Å². The SMILES string of the molecule is CC(C)c1ccc(-c2nc(CN3CCN(S(=O)(=O)c4ccccc4C#N)CC3)cs2)cc1. The van der Waals surface area contributed by atoms with Crippen LogP contribution in [0.3, 0.4) is 0 Å². The summed E-state index contributed by atoms with van der Waals surface area (Å²) in [7, 11) is -3.67. The van der Waals surface area contributed by atoms with Crippen LogP contribution < -0.4 is 0 Å². The van der Waals surface area contributed by atoms with E-state index >= 15 is 0 Å². The lowest BCUT2D eigenvalue weighted by atomic mass is 10.0. The second-order valence-electron chi connectivity index (χ2n) is 8.21. The maximum atomic E-state index is 13.0. The van der Waals surface area contributed by atoms with Gasteiger partial charge in [-0.2, -0.15) is 9.57 Å². The van der Waals surface area contributed by atoms with Crippen LogP contribution in [-0.2, 0) is 16.6 Å².